The average Bonchev–Trinajstić information content (AvgIpc) is 2.78. The number of rotatable bonds is 6. The quantitative estimate of drug-likeness (QED) is 0.269. The van der Waals surface area contributed by atoms with Gasteiger partial charge in [-0.3, -0.25) is 9.69 Å². The van der Waals surface area contributed by atoms with E-state index < -0.39 is 29.5 Å². The number of likely N-dealkylation sites (N-methyl/N-ethyl adjacent to an activating group) is 2. The van der Waals surface area contributed by atoms with E-state index in [1.54, 1.807) is 0 Å². The summed E-state index contributed by atoms with van der Waals surface area (Å²) < 4.78 is 79.9. The third-order valence-corrected chi connectivity index (χ3v) is 6.46. The first-order chi connectivity index (χ1) is 16.2. The van der Waals surface area contributed by atoms with Crippen LogP contribution >= 0.6 is 12.4 Å². The Kier molecular flexibility index (Phi) is 11.7. The van der Waals surface area contributed by atoms with Crippen molar-refractivity contribution in [2.75, 3.05) is 53.9 Å². The van der Waals surface area contributed by atoms with Crippen LogP contribution in [-0.2, 0) is 23.6 Å². The molecule has 1 amide bonds. The zero-order valence-corrected chi connectivity index (χ0v) is 23.7. The van der Waals surface area contributed by atoms with E-state index in [4.69, 9.17) is 0 Å². The lowest BCUT2D eigenvalue weighted by molar-refractivity contribution is -0.894. The van der Waals surface area contributed by atoms with Gasteiger partial charge in [0.2, 0.25) is 5.91 Å². The van der Waals surface area contributed by atoms with E-state index >= 15 is 0 Å². The lowest BCUT2D eigenvalue weighted by Gasteiger charge is -2.42. The number of alkyl halides is 6. The van der Waals surface area contributed by atoms with Gasteiger partial charge in [0.05, 0.1) is 38.3 Å². The fraction of sp³-hybridized carbons (Fsp3) is 0.480. The van der Waals surface area contributed by atoms with E-state index in [1.807, 2.05) is 30.3 Å². The highest BCUT2D eigenvalue weighted by Crippen LogP contribution is 2.36. The minimum atomic E-state index is -4.91. The van der Waals surface area contributed by atoms with Crippen LogP contribution in [0.4, 0.5) is 26.3 Å². The molecular weight excluding hydrogens is 635 g/mol. The Morgan fingerprint density at radius 3 is 1.89 bits per heavy atom. The third kappa shape index (κ3) is 9.00. The van der Waals surface area contributed by atoms with Crippen LogP contribution in [-0.4, -0.2) is 74.1 Å². The first-order valence-corrected chi connectivity index (χ1v) is 11.3. The van der Waals surface area contributed by atoms with Gasteiger partial charge in [0.25, 0.3) is 0 Å². The summed E-state index contributed by atoms with van der Waals surface area (Å²) in [6.07, 6.45) is -9.95. The van der Waals surface area contributed by atoms with Gasteiger partial charge in [-0.2, -0.15) is 26.3 Å². The summed E-state index contributed by atoms with van der Waals surface area (Å²) in [5.41, 5.74) is -2.03. The number of halogens is 8. The van der Waals surface area contributed by atoms with Gasteiger partial charge in [0.15, 0.2) is 0 Å². The monoisotopic (exact) mass is 665 g/mol. The maximum absolute atomic E-state index is 13.5. The van der Waals surface area contributed by atoms with Crippen molar-refractivity contribution in [1.29, 1.82) is 0 Å². The molecule has 1 aliphatic heterocycles. The smallest absolute Gasteiger partial charge is 0.416 e. The molecule has 1 heterocycles. The van der Waals surface area contributed by atoms with Crippen molar-refractivity contribution in [3.05, 3.63) is 70.8 Å². The van der Waals surface area contributed by atoms with E-state index in [9.17, 15) is 31.1 Å². The second-order valence-corrected chi connectivity index (χ2v) is 9.66. The highest BCUT2D eigenvalue weighted by atomic mass is 127. The normalized spacial score (nSPS) is 16.8. The zero-order chi connectivity index (χ0) is 26.0. The number of carbonyl (C=O) groups is 1. The van der Waals surface area contributed by atoms with Crippen LogP contribution in [0.25, 0.3) is 0 Å². The maximum atomic E-state index is 13.5. The van der Waals surface area contributed by atoms with Crippen LogP contribution in [0, 0.1) is 0 Å². The fourth-order valence-electron chi connectivity index (χ4n) is 4.20. The molecule has 1 aliphatic rings. The average molecular weight is 666 g/mol. The molecule has 0 N–H and O–H groups in total. The van der Waals surface area contributed by atoms with Crippen molar-refractivity contribution >= 4 is 18.3 Å². The van der Waals surface area contributed by atoms with Gasteiger partial charge in [-0.1, -0.05) is 30.3 Å². The van der Waals surface area contributed by atoms with Crippen LogP contribution in [0.15, 0.2) is 48.5 Å². The number of piperazine rings is 1. The number of hydrogen-bond donors (Lipinski definition) is 0. The molecule has 0 aliphatic carbocycles. The Bertz CT molecular complexity index is 991. The van der Waals surface area contributed by atoms with Gasteiger partial charge in [0, 0.05) is 26.7 Å². The highest BCUT2D eigenvalue weighted by molar-refractivity contribution is 5.85. The molecule has 0 saturated carbocycles. The Balaban J connectivity index is 0.00000342. The molecule has 12 heteroatoms. The summed E-state index contributed by atoms with van der Waals surface area (Å²) >= 11 is 0. The molecule has 2 aromatic rings. The molecule has 0 aromatic heterocycles. The van der Waals surface area contributed by atoms with Gasteiger partial charge in [-0.25, -0.2) is 0 Å². The summed E-state index contributed by atoms with van der Waals surface area (Å²) in [6.45, 7) is 3.06. The number of nitrogens with zero attached hydrogens (tertiary/aromatic N) is 3. The number of hydrogen-bond acceptors (Lipinski definition) is 2. The summed E-state index contributed by atoms with van der Waals surface area (Å²) in [5, 5.41) is 0. The van der Waals surface area contributed by atoms with Gasteiger partial charge in [-0.05, 0) is 35.7 Å². The first kappa shape index (κ1) is 33.5. The zero-order valence-electron chi connectivity index (χ0n) is 20.7. The molecule has 3 rings (SSSR count). The predicted octanol–water partition coefficient (Wildman–Crippen LogP) is 2.28. The van der Waals surface area contributed by atoms with Gasteiger partial charge >= 0.3 is 12.4 Å². The van der Waals surface area contributed by atoms with Gasteiger partial charge < -0.3 is 33.4 Å². The molecule has 208 valence electrons. The Morgan fingerprint density at radius 1 is 0.946 bits per heavy atom. The van der Waals surface area contributed by atoms with Crippen molar-refractivity contribution < 1.29 is 59.6 Å². The van der Waals surface area contributed by atoms with Crippen molar-refractivity contribution in [3.8, 4) is 0 Å². The number of benzene rings is 2. The minimum absolute atomic E-state index is 0. The Morgan fingerprint density at radius 2 is 1.43 bits per heavy atom. The van der Waals surface area contributed by atoms with Crippen molar-refractivity contribution in [1.82, 2.24) is 9.80 Å². The summed E-state index contributed by atoms with van der Waals surface area (Å²) in [6, 6.07) is 10.2. The molecular formula is C25H31ClF6IN3O. The molecule has 37 heavy (non-hydrogen) atoms. The summed E-state index contributed by atoms with van der Waals surface area (Å²) in [4.78, 5) is 17.0. The Labute approximate surface area is 236 Å². The largest absolute Gasteiger partial charge is 1.00 e. The molecule has 1 saturated heterocycles. The summed E-state index contributed by atoms with van der Waals surface area (Å²) in [5.74, 6) is -0.244. The lowest BCUT2D eigenvalue weighted by Crippen LogP contribution is -3.00. The molecule has 4 nitrogen and oxygen atoms in total. The maximum Gasteiger partial charge on any atom is 0.416 e. The van der Waals surface area contributed by atoms with Crippen LogP contribution in [0.2, 0.25) is 0 Å². The van der Waals surface area contributed by atoms with Gasteiger partial charge in [0.1, 0.15) is 6.04 Å². The molecule has 0 radical (unpaired) electrons. The number of carbonyl (C=O) groups excluding carboxylic acids is 1. The van der Waals surface area contributed by atoms with Crippen LogP contribution in [0.3, 0.4) is 0 Å². The molecule has 0 spiro atoms. The highest BCUT2D eigenvalue weighted by Gasteiger charge is 2.38. The minimum Gasteiger partial charge on any atom is -1.00 e. The van der Waals surface area contributed by atoms with Crippen LogP contribution < -0.4 is 24.0 Å². The molecule has 0 bridgehead atoms. The van der Waals surface area contributed by atoms with E-state index in [0.29, 0.717) is 25.2 Å². The van der Waals surface area contributed by atoms with Crippen LogP contribution in [0.1, 0.15) is 28.3 Å². The second-order valence-electron chi connectivity index (χ2n) is 9.66. The Hall–Kier alpha value is -1.57. The van der Waals surface area contributed by atoms with E-state index in [-0.39, 0.29) is 66.9 Å². The molecule has 1 fully saturated rings. The molecule has 1 unspecified atom stereocenters. The van der Waals surface area contributed by atoms with Gasteiger partial charge in [-0.15, -0.1) is 12.4 Å². The van der Waals surface area contributed by atoms with E-state index in [2.05, 4.69) is 19.0 Å². The van der Waals surface area contributed by atoms with E-state index in [1.165, 1.54) is 11.9 Å². The lowest BCUT2D eigenvalue weighted by atomic mass is 10.0. The first-order valence-electron chi connectivity index (χ1n) is 11.3. The van der Waals surface area contributed by atoms with E-state index in [0.717, 1.165) is 23.1 Å². The number of quaternary nitrogens is 1. The molecule has 2 aromatic carbocycles. The predicted molar refractivity (Wildman–Crippen MR) is 128 cm³/mol. The van der Waals surface area contributed by atoms with Crippen molar-refractivity contribution in [2.45, 2.75) is 24.8 Å². The topological polar surface area (TPSA) is 23.6 Å². The third-order valence-electron chi connectivity index (χ3n) is 6.46. The SMILES string of the molecule is CN(CCc1cc(C(F)(F)F)cc(C(F)(F)F)c1)C(=O)C(c1ccccc1)N1CC[N+](C)(C)CC1.Cl.[I-]. The van der Waals surface area contributed by atoms with Crippen molar-refractivity contribution in [3.63, 3.8) is 0 Å². The second kappa shape index (κ2) is 13.0. The van der Waals surface area contributed by atoms with Crippen molar-refractivity contribution in [2.24, 2.45) is 0 Å². The van der Waals surface area contributed by atoms with Crippen LogP contribution in [0.5, 0.6) is 0 Å². The number of amides is 1. The summed E-state index contributed by atoms with van der Waals surface area (Å²) in [7, 11) is 5.76. The molecule has 1 atom stereocenters. The standard InChI is InChI=1S/C25H30F6N3O.ClH.HI/c1-32(10-9-18-15-20(24(26,27)28)17-21(16-18)25(29,30)31)23(35)22(19-7-5-4-6-8-19)33-11-13-34(2,3)14-12-33;;/h4-8,15-17,22H,9-14H2,1-3H3;2*1H/q+1;;/p-1. The fourth-order valence-corrected chi connectivity index (χ4v) is 4.20.